The summed E-state index contributed by atoms with van der Waals surface area (Å²) in [6.07, 6.45) is 10.0. The Balaban J connectivity index is 1.17. The highest BCUT2D eigenvalue weighted by molar-refractivity contribution is 5.89. The van der Waals surface area contributed by atoms with E-state index in [-0.39, 0.29) is 0 Å². The molecular weight excluding hydrogens is 434 g/mol. The number of aromatic nitrogens is 4. The van der Waals surface area contributed by atoms with Crippen LogP contribution in [0.2, 0.25) is 0 Å². The predicted molar refractivity (Wildman–Crippen MR) is 142 cm³/mol. The van der Waals surface area contributed by atoms with Gasteiger partial charge in [-0.1, -0.05) is 18.7 Å². The monoisotopic (exact) mass is 465 g/mol. The second kappa shape index (κ2) is 8.50. The lowest BCUT2D eigenvalue weighted by atomic mass is 9.72. The van der Waals surface area contributed by atoms with Crippen LogP contribution in [0.4, 0.5) is 11.6 Å². The van der Waals surface area contributed by atoms with E-state index < -0.39 is 0 Å². The highest BCUT2D eigenvalue weighted by atomic mass is 15.3. The molecule has 1 spiro atoms. The van der Waals surface area contributed by atoms with Gasteiger partial charge < -0.3 is 19.7 Å². The molecule has 0 saturated carbocycles. The van der Waals surface area contributed by atoms with E-state index in [4.69, 9.17) is 0 Å². The molecule has 0 unspecified atom stereocenters. The second-order valence-electron chi connectivity index (χ2n) is 10.2. The number of nitrogens with one attached hydrogen (secondary N) is 1. The van der Waals surface area contributed by atoms with E-state index in [1.165, 1.54) is 25.9 Å². The number of benzene rings is 1. The van der Waals surface area contributed by atoms with Crippen LogP contribution in [0, 0.1) is 5.41 Å². The van der Waals surface area contributed by atoms with Gasteiger partial charge in [-0.15, -0.1) is 0 Å². The molecule has 0 radical (unpaired) electrons. The lowest BCUT2D eigenvalue weighted by molar-refractivity contribution is 0.0900. The van der Waals surface area contributed by atoms with Crippen LogP contribution in [0.1, 0.15) is 18.4 Å². The Bertz CT molecular complexity index is 1390. The average Bonchev–Trinajstić information content (AvgIpc) is 3.28. The minimum Gasteiger partial charge on any atom is -0.355 e. The van der Waals surface area contributed by atoms with Crippen molar-refractivity contribution in [3.05, 3.63) is 73.5 Å². The molecule has 0 bridgehead atoms. The van der Waals surface area contributed by atoms with Crippen molar-refractivity contribution >= 4 is 28.1 Å². The van der Waals surface area contributed by atoms with Crippen molar-refractivity contribution < 1.29 is 0 Å². The Labute approximate surface area is 206 Å². The number of hydrogen-bond donors (Lipinski definition) is 1. The second-order valence-corrected chi connectivity index (χ2v) is 10.2. The van der Waals surface area contributed by atoms with E-state index in [1.807, 2.05) is 42.6 Å². The zero-order valence-electron chi connectivity index (χ0n) is 20.4. The van der Waals surface area contributed by atoms with Crippen molar-refractivity contribution in [2.24, 2.45) is 12.5 Å². The van der Waals surface area contributed by atoms with Crippen molar-refractivity contribution in [2.75, 3.05) is 43.4 Å². The summed E-state index contributed by atoms with van der Waals surface area (Å²) in [5.41, 5.74) is 4.54. The molecule has 7 nitrogen and oxygen atoms in total. The van der Waals surface area contributed by atoms with E-state index in [1.54, 1.807) is 0 Å². The molecule has 0 atom stereocenters. The topological polar surface area (TPSA) is 62.1 Å². The predicted octanol–water partition coefficient (Wildman–Crippen LogP) is 4.65. The van der Waals surface area contributed by atoms with E-state index in [0.717, 1.165) is 58.0 Å². The lowest BCUT2D eigenvalue weighted by Crippen LogP contribution is -2.60. The summed E-state index contributed by atoms with van der Waals surface area (Å²) in [7, 11) is 4.23. The molecule has 2 fully saturated rings. The number of imidazole rings is 1. The normalized spacial score (nSPS) is 17.5. The molecule has 2 aliphatic rings. The Kier molecular flexibility index (Phi) is 5.29. The number of aryl methyl sites for hydroxylation is 1. The molecule has 5 heterocycles. The first kappa shape index (κ1) is 21.8. The number of nitrogens with zero attached hydrogens (tertiary/aromatic N) is 6. The largest absolute Gasteiger partial charge is 0.355 e. The smallest absolute Gasteiger partial charge is 0.130 e. The quantitative estimate of drug-likeness (QED) is 0.463. The van der Waals surface area contributed by atoms with Gasteiger partial charge in [-0.05, 0) is 62.6 Å². The Morgan fingerprint density at radius 2 is 1.80 bits per heavy atom. The van der Waals surface area contributed by atoms with Gasteiger partial charge in [0.15, 0.2) is 0 Å². The van der Waals surface area contributed by atoms with Gasteiger partial charge in [-0.2, -0.15) is 0 Å². The van der Waals surface area contributed by atoms with Gasteiger partial charge in [-0.3, -0.25) is 0 Å². The van der Waals surface area contributed by atoms with Gasteiger partial charge in [-0.25, -0.2) is 15.0 Å². The molecule has 35 heavy (non-hydrogen) atoms. The Morgan fingerprint density at radius 3 is 2.57 bits per heavy atom. The summed E-state index contributed by atoms with van der Waals surface area (Å²) in [5, 5.41) is 5.62. The van der Waals surface area contributed by atoms with Crippen LogP contribution in [0.25, 0.3) is 27.7 Å². The molecule has 1 aromatic carbocycles. The first-order chi connectivity index (χ1) is 17.0. The fourth-order valence-electron chi connectivity index (χ4n) is 5.34. The Morgan fingerprint density at radius 1 is 0.971 bits per heavy atom. The van der Waals surface area contributed by atoms with Crippen LogP contribution in [0.15, 0.2) is 67.9 Å². The molecule has 2 saturated heterocycles. The molecule has 0 aliphatic carbocycles. The van der Waals surface area contributed by atoms with Gasteiger partial charge >= 0.3 is 0 Å². The fraction of sp³-hybridized carbons (Fsp3) is 0.321. The third kappa shape index (κ3) is 4.17. The lowest BCUT2D eigenvalue weighted by Gasteiger charge is -2.54. The van der Waals surface area contributed by atoms with Gasteiger partial charge in [0.1, 0.15) is 11.6 Å². The van der Waals surface area contributed by atoms with Gasteiger partial charge in [0.25, 0.3) is 0 Å². The van der Waals surface area contributed by atoms with Crippen LogP contribution in [0.5, 0.6) is 0 Å². The molecule has 3 aromatic heterocycles. The summed E-state index contributed by atoms with van der Waals surface area (Å²) < 4.78 is 2.02. The summed E-state index contributed by atoms with van der Waals surface area (Å²) in [5.74, 6) is 1.81. The van der Waals surface area contributed by atoms with Crippen molar-refractivity contribution in [2.45, 2.75) is 12.8 Å². The van der Waals surface area contributed by atoms with Gasteiger partial charge in [0, 0.05) is 60.2 Å². The van der Waals surface area contributed by atoms with Crippen LogP contribution in [0.3, 0.4) is 0 Å². The number of pyridine rings is 2. The molecular formula is C28H31N7. The fourth-order valence-corrected chi connectivity index (χ4v) is 5.34. The SMILES string of the molecule is C=C(Nc1cc2cc(-c3cncn3C)ccc2cn1)c1ccnc(N2CC3(CCN(C)CC3)C2)c1. The molecule has 2 aliphatic heterocycles. The highest BCUT2D eigenvalue weighted by Crippen LogP contribution is 2.42. The highest BCUT2D eigenvalue weighted by Gasteiger charge is 2.44. The summed E-state index contributed by atoms with van der Waals surface area (Å²) in [6.45, 7) is 8.89. The summed E-state index contributed by atoms with van der Waals surface area (Å²) >= 11 is 0. The first-order valence-electron chi connectivity index (χ1n) is 12.2. The number of hydrogen-bond acceptors (Lipinski definition) is 6. The molecule has 6 rings (SSSR count). The molecule has 0 amide bonds. The van der Waals surface area contributed by atoms with Crippen molar-refractivity contribution in [3.63, 3.8) is 0 Å². The molecule has 1 N–H and O–H groups in total. The van der Waals surface area contributed by atoms with Crippen molar-refractivity contribution in [1.29, 1.82) is 0 Å². The third-order valence-corrected chi connectivity index (χ3v) is 7.63. The average molecular weight is 466 g/mol. The van der Waals surface area contributed by atoms with Crippen LogP contribution in [-0.2, 0) is 7.05 Å². The minimum atomic E-state index is 0.475. The maximum atomic E-state index is 4.65. The van der Waals surface area contributed by atoms with Crippen LogP contribution >= 0.6 is 0 Å². The maximum Gasteiger partial charge on any atom is 0.130 e. The van der Waals surface area contributed by atoms with Crippen LogP contribution < -0.4 is 10.2 Å². The van der Waals surface area contributed by atoms with Crippen molar-refractivity contribution in [3.8, 4) is 11.3 Å². The minimum absolute atomic E-state index is 0.475. The van der Waals surface area contributed by atoms with Crippen LogP contribution in [-0.4, -0.2) is 57.6 Å². The number of piperidine rings is 1. The molecule has 4 aromatic rings. The van der Waals surface area contributed by atoms with E-state index in [0.29, 0.717) is 5.41 Å². The standard InChI is InChI=1S/C28H31N7/c1-20(21-6-9-30-27(14-21)35-17-28(18-35)7-10-33(2)11-8-28)32-26-13-24-12-22(4-5-23(24)15-31-26)25-16-29-19-34(25)3/h4-6,9,12-16,19H,1,7-8,10-11,17-18H2,2-3H3,(H,31,32). The molecule has 7 heteroatoms. The number of rotatable bonds is 5. The van der Waals surface area contributed by atoms with E-state index in [2.05, 4.69) is 74.0 Å². The summed E-state index contributed by atoms with van der Waals surface area (Å²) in [6, 6.07) is 12.6. The summed E-state index contributed by atoms with van der Waals surface area (Å²) in [4.78, 5) is 18.3. The van der Waals surface area contributed by atoms with Crippen molar-refractivity contribution in [1.82, 2.24) is 24.4 Å². The van der Waals surface area contributed by atoms with E-state index >= 15 is 0 Å². The third-order valence-electron chi connectivity index (χ3n) is 7.63. The van der Waals surface area contributed by atoms with Gasteiger partial charge in [0.05, 0.1) is 18.2 Å². The van der Waals surface area contributed by atoms with Gasteiger partial charge in [0.2, 0.25) is 0 Å². The zero-order valence-corrected chi connectivity index (χ0v) is 20.4. The maximum absolute atomic E-state index is 4.65. The first-order valence-corrected chi connectivity index (χ1v) is 12.2. The number of likely N-dealkylation sites (tertiary alicyclic amines) is 1. The number of anilines is 2. The van der Waals surface area contributed by atoms with E-state index in [9.17, 15) is 0 Å². The molecule has 178 valence electrons. The Hall–Kier alpha value is -3.71. The number of fused-ring (bicyclic) bond motifs is 1. The zero-order chi connectivity index (χ0) is 24.0.